The van der Waals surface area contributed by atoms with Crippen molar-refractivity contribution in [1.29, 1.82) is 0 Å². The summed E-state index contributed by atoms with van der Waals surface area (Å²) >= 11 is 0. The first-order chi connectivity index (χ1) is 10.4. The quantitative estimate of drug-likeness (QED) is 0.421. The van der Waals surface area contributed by atoms with Crippen LogP contribution in [0.2, 0.25) is 0 Å². The van der Waals surface area contributed by atoms with Crippen molar-refractivity contribution in [2.45, 2.75) is 91.3 Å². The second-order valence-electron chi connectivity index (χ2n) is 6.92. The molecule has 4 unspecified atom stereocenters. The van der Waals surface area contributed by atoms with E-state index in [1.165, 1.54) is 0 Å². The van der Waals surface area contributed by atoms with Gasteiger partial charge in [0.15, 0.2) is 0 Å². The molecule has 0 aliphatic rings. The van der Waals surface area contributed by atoms with E-state index in [4.69, 9.17) is 0 Å². The van der Waals surface area contributed by atoms with E-state index in [1.54, 1.807) is 0 Å². The summed E-state index contributed by atoms with van der Waals surface area (Å²) in [7, 11) is 0. The summed E-state index contributed by atoms with van der Waals surface area (Å²) in [6, 6.07) is 0. The summed E-state index contributed by atoms with van der Waals surface area (Å²) in [6.07, 6.45) is 4.33. The molecule has 4 atom stereocenters. The molecule has 0 radical (unpaired) electrons. The van der Waals surface area contributed by atoms with Crippen LogP contribution in [-0.2, 0) is 0 Å². The molecular weight excluding hydrogens is 280 g/mol. The average molecular weight is 318 g/mol. The molecule has 0 aromatic carbocycles. The van der Waals surface area contributed by atoms with Crippen molar-refractivity contribution in [3.05, 3.63) is 0 Å². The van der Waals surface area contributed by atoms with Gasteiger partial charge in [-0.25, -0.2) is 0 Å². The van der Waals surface area contributed by atoms with Crippen LogP contribution >= 0.6 is 0 Å². The van der Waals surface area contributed by atoms with Crippen molar-refractivity contribution in [3.63, 3.8) is 0 Å². The molecular formula is C18H38O4. The first-order valence-corrected chi connectivity index (χ1v) is 8.98. The van der Waals surface area contributed by atoms with E-state index >= 15 is 0 Å². The molecule has 22 heavy (non-hydrogen) atoms. The molecule has 4 heteroatoms. The molecule has 0 aromatic rings. The molecule has 0 saturated carbocycles. The predicted molar refractivity (Wildman–Crippen MR) is 90.7 cm³/mol. The lowest BCUT2D eigenvalue weighted by Gasteiger charge is -2.42. The van der Waals surface area contributed by atoms with Crippen molar-refractivity contribution < 1.29 is 20.4 Å². The van der Waals surface area contributed by atoms with Crippen LogP contribution in [0.1, 0.15) is 79.1 Å². The highest BCUT2D eigenvalue weighted by Crippen LogP contribution is 2.41. The van der Waals surface area contributed by atoms with Gasteiger partial charge in [-0.1, -0.05) is 47.0 Å². The molecule has 0 saturated heterocycles. The van der Waals surface area contributed by atoms with Gasteiger partial charge in [0.25, 0.3) is 0 Å². The summed E-state index contributed by atoms with van der Waals surface area (Å²) in [6.45, 7) is 8.15. The maximum absolute atomic E-state index is 10.7. The lowest BCUT2D eigenvalue weighted by atomic mass is 9.68. The van der Waals surface area contributed by atoms with Gasteiger partial charge in [0.1, 0.15) is 0 Å². The number of aliphatic hydroxyl groups is 4. The Hall–Kier alpha value is -0.160. The Morgan fingerprint density at radius 1 is 0.818 bits per heavy atom. The van der Waals surface area contributed by atoms with Crippen LogP contribution in [0.3, 0.4) is 0 Å². The van der Waals surface area contributed by atoms with Crippen molar-refractivity contribution in [1.82, 2.24) is 0 Å². The van der Waals surface area contributed by atoms with Crippen LogP contribution in [0.15, 0.2) is 0 Å². The van der Waals surface area contributed by atoms with Crippen molar-refractivity contribution in [2.24, 2.45) is 10.8 Å². The first-order valence-electron chi connectivity index (χ1n) is 8.98. The van der Waals surface area contributed by atoms with Crippen LogP contribution in [0, 0.1) is 10.8 Å². The van der Waals surface area contributed by atoms with Gasteiger partial charge >= 0.3 is 0 Å². The van der Waals surface area contributed by atoms with E-state index in [9.17, 15) is 20.4 Å². The molecule has 0 aliphatic carbocycles. The highest BCUT2D eigenvalue weighted by molar-refractivity contribution is 4.92. The van der Waals surface area contributed by atoms with Gasteiger partial charge in [0, 0.05) is 12.0 Å². The van der Waals surface area contributed by atoms with Crippen molar-refractivity contribution in [2.75, 3.05) is 13.2 Å². The first kappa shape index (κ1) is 21.8. The summed E-state index contributed by atoms with van der Waals surface area (Å²) in [5.41, 5.74) is -0.760. The second kappa shape index (κ2) is 10.6. The third kappa shape index (κ3) is 5.48. The topological polar surface area (TPSA) is 80.9 Å². The minimum absolute atomic E-state index is 0.102. The van der Waals surface area contributed by atoms with Crippen LogP contribution in [0.25, 0.3) is 0 Å². The minimum atomic E-state index is -0.927. The largest absolute Gasteiger partial charge is 0.396 e. The molecule has 0 fully saturated rings. The number of hydrogen-bond acceptors (Lipinski definition) is 4. The zero-order chi connectivity index (χ0) is 17.2. The molecule has 0 bridgehead atoms. The van der Waals surface area contributed by atoms with E-state index in [0.29, 0.717) is 25.7 Å². The molecule has 0 aliphatic heterocycles. The highest BCUT2D eigenvalue weighted by Gasteiger charge is 2.42. The standard InChI is InChI=1S/C18H38O4/c1-5-9-17(7-3,11-12-19)13-15(21)16(22)18(8-4,14-20)10-6-2/h15-16,19-22H,5-14H2,1-4H3. The maximum atomic E-state index is 10.7. The Bertz CT molecular complexity index is 270. The number of aliphatic hydroxyl groups excluding tert-OH is 4. The van der Waals surface area contributed by atoms with Crippen molar-refractivity contribution in [3.8, 4) is 0 Å². The Balaban J connectivity index is 5.14. The van der Waals surface area contributed by atoms with Gasteiger partial charge in [-0.15, -0.1) is 0 Å². The average Bonchev–Trinajstić information content (AvgIpc) is 2.52. The fourth-order valence-corrected chi connectivity index (χ4v) is 3.87. The van der Waals surface area contributed by atoms with Crippen LogP contribution in [-0.4, -0.2) is 45.8 Å². The number of hydrogen-bond donors (Lipinski definition) is 4. The van der Waals surface area contributed by atoms with E-state index in [0.717, 1.165) is 25.7 Å². The van der Waals surface area contributed by atoms with Crippen LogP contribution in [0.5, 0.6) is 0 Å². The minimum Gasteiger partial charge on any atom is -0.396 e. The smallest absolute Gasteiger partial charge is 0.0877 e. The fraction of sp³-hybridized carbons (Fsp3) is 1.00. The SMILES string of the molecule is CCCC(CC)(CCO)CC(O)C(O)C(CC)(CO)CCC. The van der Waals surface area contributed by atoms with E-state index in [1.807, 2.05) is 13.8 Å². The van der Waals surface area contributed by atoms with E-state index < -0.39 is 17.6 Å². The van der Waals surface area contributed by atoms with Crippen LogP contribution < -0.4 is 0 Å². The summed E-state index contributed by atoms with van der Waals surface area (Å²) in [4.78, 5) is 0. The molecule has 134 valence electrons. The Labute approximate surface area is 136 Å². The van der Waals surface area contributed by atoms with E-state index in [2.05, 4.69) is 13.8 Å². The monoisotopic (exact) mass is 318 g/mol. The Morgan fingerprint density at radius 2 is 1.41 bits per heavy atom. The summed E-state index contributed by atoms with van der Waals surface area (Å²) in [5, 5.41) is 40.4. The van der Waals surface area contributed by atoms with E-state index in [-0.39, 0.29) is 18.6 Å². The summed E-state index contributed by atoms with van der Waals surface area (Å²) < 4.78 is 0. The molecule has 0 heterocycles. The highest BCUT2D eigenvalue weighted by atomic mass is 16.3. The molecule has 0 amide bonds. The lowest BCUT2D eigenvalue weighted by molar-refractivity contribution is -0.108. The maximum Gasteiger partial charge on any atom is 0.0877 e. The predicted octanol–water partition coefficient (Wildman–Crippen LogP) is 2.87. The zero-order valence-corrected chi connectivity index (χ0v) is 15.0. The second-order valence-corrected chi connectivity index (χ2v) is 6.92. The van der Waals surface area contributed by atoms with Gasteiger partial charge in [0.05, 0.1) is 18.8 Å². The number of rotatable bonds is 13. The molecule has 0 aromatic heterocycles. The Morgan fingerprint density at radius 3 is 1.77 bits per heavy atom. The molecule has 0 spiro atoms. The lowest BCUT2D eigenvalue weighted by Crippen LogP contribution is -2.47. The fourth-order valence-electron chi connectivity index (χ4n) is 3.87. The molecule has 4 N–H and O–H groups in total. The zero-order valence-electron chi connectivity index (χ0n) is 15.0. The molecule has 0 rings (SSSR count). The van der Waals surface area contributed by atoms with Gasteiger partial charge < -0.3 is 20.4 Å². The molecule has 4 nitrogen and oxygen atoms in total. The summed E-state index contributed by atoms with van der Waals surface area (Å²) in [5.74, 6) is 0. The van der Waals surface area contributed by atoms with Gasteiger partial charge in [-0.3, -0.25) is 0 Å². The van der Waals surface area contributed by atoms with Gasteiger partial charge in [0.2, 0.25) is 0 Å². The third-order valence-corrected chi connectivity index (χ3v) is 5.57. The van der Waals surface area contributed by atoms with Gasteiger partial charge in [-0.2, -0.15) is 0 Å². The third-order valence-electron chi connectivity index (χ3n) is 5.57. The Kier molecular flexibility index (Phi) is 10.5. The van der Waals surface area contributed by atoms with Gasteiger partial charge in [-0.05, 0) is 37.5 Å². The normalized spacial score (nSPS) is 20.2. The van der Waals surface area contributed by atoms with Crippen molar-refractivity contribution >= 4 is 0 Å². The van der Waals surface area contributed by atoms with Crippen LogP contribution in [0.4, 0.5) is 0 Å².